The predicted molar refractivity (Wildman–Crippen MR) is 183 cm³/mol. The molecule has 53 heavy (non-hydrogen) atoms. The maximum atomic E-state index is 12.8. The molecule has 0 saturated carbocycles. The van der Waals surface area contributed by atoms with Gasteiger partial charge >= 0.3 is 6.18 Å². The standard InChI is InChI=1S/C23H22N2O11S3.C6H15N.C2HF3O2/c24-12-2-1-7-25(10-12)21(26)11-36-17-8-18(37(27,28)29)14-5-6-16-20(39(33,34)35)9-19(38(30,31)32)15-4-3-13(17)22(14)23(15)16;1-4-7(5-2)6-3;3-2(4,5)1(6)7/h3-6,8-9,12H,1-2,7,10-11,24H2,(H,27,28,29)(H,30,31,32)(H,33,34,35);4-6H2,1-3H3;(H,6,7). The summed E-state index contributed by atoms with van der Waals surface area (Å²) >= 11 is 0. The number of amides is 1. The van der Waals surface area contributed by atoms with Gasteiger partial charge in [-0.1, -0.05) is 18.2 Å². The van der Waals surface area contributed by atoms with Gasteiger partial charge in [-0.15, -0.1) is 0 Å². The van der Waals surface area contributed by atoms with Crippen LogP contribution in [0.5, 0.6) is 5.75 Å². The Morgan fingerprint density at radius 1 is 0.830 bits per heavy atom. The first-order chi connectivity index (χ1) is 24.4. The zero-order chi connectivity index (χ0) is 40.3. The molecule has 1 heterocycles. The smallest absolute Gasteiger partial charge is 0.430 e. The molecule has 1 amide bonds. The first-order valence-electron chi connectivity index (χ1n) is 15.8. The highest BCUT2D eigenvalue weighted by atomic mass is 32.2. The number of ether oxygens (including phenoxy) is 1. The molecule has 0 bridgehead atoms. The lowest BCUT2D eigenvalue weighted by Gasteiger charge is -2.30. The van der Waals surface area contributed by atoms with Crippen LogP contribution in [-0.2, 0) is 39.9 Å². The average molecular weight is 814 g/mol. The SMILES string of the molecule is CC[NH+](CC)CC.NC1CCCN(C(=O)COc2cc(S(=O)(=O)O)c3ccc4c(S(=O)(=O)O)cc(S(=O)(=O)O)c5ccc2c3c54)C1.O=C([O-])C(F)(F)F. The van der Waals surface area contributed by atoms with Crippen molar-refractivity contribution in [3.63, 3.8) is 0 Å². The number of nitrogens with two attached hydrogens (primary N) is 1. The van der Waals surface area contributed by atoms with E-state index in [1.807, 2.05) is 0 Å². The van der Waals surface area contributed by atoms with Gasteiger partial charge in [0.1, 0.15) is 26.4 Å². The van der Waals surface area contributed by atoms with Crippen LogP contribution in [0.25, 0.3) is 32.3 Å². The van der Waals surface area contributed by atoms with Crippen LogP contribution in [-0.4, -0.2) is 107 Å². The van der Waals surface area contributed by atoms with Gasteiger partial charge in [-0.25, -0.2) is 0 Å². The number of rotatable bonds is 9. The Kier molecular flexibility index (Phi) is 13.7. The van der Waals surface area contributed by atoms with Crippen LogP contribution in [0.1, 0.15) is 33.6 Å². The molecule has 6 N–H and O–H groups in total. The zero-order valence-electron chi connectivity index (χ0n) is 28.5. The average Bonchev–Trinajstić information content (AvgIpc) is 3.05. The number of quaternary nitrogens is 1. The molecular formula is C31H38F3N3O13S3. The Labute approximate surface area is 302 Å². The second-order valence-corrected chi connectivity index (χ2v) is 16.0. The van der Waals surface area contributed by atoms with Gasteiger partial charge < -0.3 is 30.2 Å². The lowest BCUT2D eigenvalue weighted by atomic mass is 9.93. The number of carboxylic acids is 1. The van der Waals surface area contributed by atoms with Crippen LogP contribution in [0.15, 0.2) is 51.1 Å². The third-order valence-electron chi connectivity index (χ3n) is 8.47. The van der Waals surface area contributed by atoms with E-state index in [0.29, 0.717) is 25.6 Å². The van der Waals surface area contributed by atoms with E-state index < -0.39 is 69.7 Å². The summed E-state index contributed by atoms with van der Waals surface area (Å²) in [6.45, 7) is 10.7. The Bertz CT molecular complexity index is 2260. The minimum Gasteiger partial charge on any atom is -0.542 e. The third-order valence-corrected chi connectivity index (χ3v) is 11.2. The van der Waals surface area contributed by atoms with E-state index >= 15 is 0 Å². The number of benzene rings is 4. The molecule has 0 aliphatic carbocycles. The summed E-state index contributed by atoms with van der Waals surface area (Å²) < 4.78 is 140. The highest BCUT2D eigenvalue weighted by molar-refractivity contribution is 7.87. The first-order valence-corrected chi connectivity index (χ1v) is 20.2. The monoisotopic (exact) mass is 813 g/mol. The summed E-state index contributed by atoms with van der Waals surface area (Å²) in [6.07, 6.45) is -3.74. The fraction of sp³-hybridized carbons (Fsp3) is 0.419. The third kappa shape index (κ3) is 10.4. The van der Waals surface area contributed by atoms with E-state index in [4.69, 9.17) is 20.4 Å². The van der Waals surface area contributed by atoms with E-state index in [9.17, 15) is 56.9 Å². The lowest BCUT2D eigenvalue weighted by molar-refractivity contribution is -0.894. The molecule has 0 aromatic heterocycles. The van der Waals surface area contributed by atoms with Crippen molar-refractivity contribution >= 4 is 74.5 Å². The number of hydrogen-bond donors (Lipinski definition) is 5. The highest BCUT2D eigenvalue weighted by Crippen LogP contribution is 2.45. The van der Waals surface area contributed by atoms with Gasteiger partial charge in [0, 0.05) is 57.5 Å². The van der Waals surface area contributed by atoms with Crippen molar-refractivity contribution < 1.29 is 76.4 Å². The van der Waals surface area contributed by atoms with Crippen LogP contribution >= 0.6 is 0 Å². The predicted octanol–water partition coefficient (Wildman–Crippen LogP) is 0.882. The molecule has 0 radical (unpaired) electrons. The Morgan fingerprint density at radius 2 is 1.23 bits per heavy atom. The Morgan fingerprint density at radius 3 is 1.58 bits per heavy atom. The first kappa shape index (κ1) is 43.5. The Balaban J connectivity index is 0.000000458. The molecule has 1 aliphatic rings. The molecule has 1 atom stereocenters. The van der Waals surface area contributed by atoms with Crippen LogP contribution < -0.4 is 20.5 Å². The molecule has 1 aliphatic heterocycles. The summed E-state index contributed by atoms with van der Waals surface area (Å²) in [5.41, 5.74) is 5.93. The van der Waals surface area contributed by atoms with E-state index in [0.717, 1.165) is 18.6 Å². The number of nitrogens with one attached hydrogen (secondary N) is 1. The van der Waals surface area contributed by atoms with Crippen LogP contribution in [0.4, 0.5) is 13.2 Å². The van der Waals surface area contributed by atoms with Crippen LogP contribution in [0, 0.1) is 0 Å². The molecule has 294 valence electrons. The molecule has 4 aromatic rings. The second kappa shape index (κ2) is 16.6. The second-order valence-electron chi connectivity index (χ2n) is 11.9. The van der Waals surface area contributed by atoms with Crippen molar-refractivity contribution in [2.75, 3.05) is 39.3 Å². The van der Waals surface area contributed by atoms with Crippen molar-refractivity contribution in [3.05, 3.63) is 36.4 Å². The topological polar surface area (TPSA) is 263 Å². The maximum Gasteiger partial charge on any atom is 0.430 e. The van der Waals surface area contributed by atoms with Gasteiger partial charge in [-0.3, -0.25) is 18.5 Å². The normalized spacial score (nSPS) is 15.6. The fourth-order valence-corrected chi connectivity index (χ4v) is 8.05. The molecule has 16 nitrogen and oxygen atoms in total. The zero-order valence-corrected chi connectivity index (χ0v) is 31.0. The number of carbonyl (C=O) groups is 2. The highest BCUT2D eigenvalue weighted by Gasteiger charge is 2.30. The minimum atomic E-state index is -5.19. The number of aliphatic carboxylic acids is 1. The van der Waals surface area contributed by atoms with Crippen LogP contribution in [0.3, 0.4) is 0 Å². The van der Waals surface area contributed by atoms with Crippen molar-refractivity contribution in [2.24, 2.45) is 5.73 Å². The number of carboxylic acid groups (broad SMARTS) is 1. The molecule has 1 saturated heterocycles. The summed E-state index contributed by atoms with van der Waals surface area (Å²) in [7, 11) is -15.0. The number of likely N-dealkylation sites (tertiary alicyclic amines) is 1. The number of carbonyl (C=O) groups excluding carboxylic acids is 2. The molecule has 22 heteroatoms. The van der Waals surface area contributed by atoms with Gasteiger partial charge in [-0.2, -0.15) is 38.4 Å². The lowest BCUT2D eigenvalue weighted by Crippen LogP contribution is -3.11. The van der Waals surface area contributed by atoms with Crippen molar-refractivity contribution in [1.29, 1.82) is 0 Å². The molecule has 1 unspecified atom stereocenters. The molecule has 4 aromatic carbocycles. The van der Waals surface area contributed by atoms with Crippen molar-refractivity contribution in [1.82, 2.24) is 4.90 Å². The van der Waals surface area contributed by atoms with Crippen LogP contribution in [0.2, 0.25) is 0 Å². The quantitative estimate of drug-likeness (QED) is 0.116. The van der Waals surface area contributed by atoms with Gasteiger partial charge in [0.15, 0.2) is 6.61 Å². The molecule has 0 spiro atoms. The fourth-order valence-electron chi connectivity index (χ4n) is 5.84. The van der Waals surface area contributed by atoms with E-state index in [1.165, 1.54) is 42.7 Å². The van der Waals surface area contributed by atoms with Gasteiger partial charge in [0.2, 0.25) is 0 Å². The largest absolute Gasteiger partial charge is 0.542 e. The van der Waals surface area contributed by atoms with E-state index in [1.54, 1.807) is 4.90 Å². The summed E-state index contributed by atoms with van der Waals surface area (Å²) in [5, 5.41) is 8.25. The summed E-state index contributed by atoms with van der Waals surface area (Å²) in [5.74, 6) is -3.61. The maximum absolute atomic E-state index is 12.8. The van der Waals surface area contributed by atoms with Crippen molar-refractivity contribution in [2.45, 2.75) is 60.5 Å². The van der Waals surface area contributed by atoms with Gasteiger partial charge in [0.25, 0.3) is 36.3 Å². The van der Waals surface area contributed by atoms with Gasteiger partial charge in [0.05, 0.1) is 19.6 Å². The van der Waals surface area contributed by atoms with Crippen molar-refractivity contribution in [3.8, 4) is 5.75 Å². The minimum absolute atomic E-state index is 0.0435. The number of nitrogens with zero attached hydrogens (tertiary/aromatic N) is 1. The summed E-state index contributed by atoms with van der Waals surface area (Å²) in [6, 6.07) is 6.30. The van der Waals surface area contributed by atoms with Gasteiger partial charge in [-0.05, 0) is 45.7 Å². The number of hydrogen-bond acceptors (Lipinski definition) is 11. The molecule has 5 rings (SSSR count). The van der Waals surface area contributed by atoms with E-state index in [-0.39, 0.29) is 44.1 Å². The Hall–Kier alpha value is -3.90. The summed E-state index contributed by atoms with van der Waals surface area (Å²) in [4.78, 5) is 22.4. The van der Waals surface area contributed by atoms with E-state index in [2.05, 4.69) is 20.8 Å². The molecular weight excluding hydrogens is 776 g/mol. The molecule has 1 fully saturated rings. The number of halogens is 3. The number of alkyl halides is 3. The number of piperidine rings is 1.